The zero-order valence-corrected chi connectivity index (χ0v) is 34.5. The first kappa shape index (κ1) is 44.8. The summed E-state index contributed by atoms with van der Waals surface area (Å²) in [4.78, 5) is 45.5. The number of fused-ring (bicyclic) bond motifs is 1. The number of alkyl carbamates (subject to hydrolysis) is 1. The molecule has 6 atom stereocenters. The number of carbonyl (C=O) groups is 3. The van der Waals surface area contributed by atoms with Crippen LogP contribution < -0.4 is 25.4 Å². The number of carbonyl (C=O) groups excluding carboxylic acids is 3. The second-order valence-corrected chi connectivity index (χ2v) is 15.9. The van der Waals surface area contributed by atoms with Crippen molar-refractivity contribution in [2.45, 2.75) is 70.4 Å². The normalized spacial score (nSPS) is 17.0. The van der Waals surface area contributed by atoms with E-state index in [4.69, 9.17) is 30.5 Å². The number of aliphatic hydroxyl groups is 2. The van der Waals surface area contributed by atoms with E-state index in [0.29, 0.717) is 22.2 Å². The van der Waals surface area contributed by atoms with E-state index in [0.717, 1.165) is 16.7 Å². The number of nitrogens with one attached hydrogen (secondary N) is 3. The van der Waals surface area contributed by atoms with Crippen LogP contribution in [0.15, 0.2) is 85.1 Å². The number of halogens is 2. The molecule has 0 aliphatic carbocycles. The lowest BCUT2D eigenvalue weighted by molar-refractivity contribution is -0.128. The third-order valence-electron chi connectivity index (χ3n) is 10.1. The molecule has 6 unspecified atom stereocenters. The minimum Gasteiger partial charge on any atom is -0.490 e. The summed E-state index contributed by atoms with van der Waals surface area (Å²) in [5, 5.41) is 32.0. The lowest BCUT2D eigenvalue weighted by atomic mass is 9.85. The number of hydrogen-bond donors (Lipinski definition) is 5. The van der Waals surface area contributed by atoms with Crippen LogP contribution >= 0.6 is 11.6 Å². The van der Waals surface area contributed by atoms with E-state index in [1.807, 2.05) is 30.3 Å². The quantitative estimate of drug-likeness (QED) is 0.0844. The van der Waals surface area contributed by atoms with E-state index >= 15 is 0 Å². The largest absolute Gasteiger partial charge is 0.490 e. The van der Waals surface area contributed by atoms with Gasteiger partial charge in [0.2, 0.25) is 17.7 Å². The molecule has 316 valence electrons. The van der Waals surface area contributed by atoms with E-state index < -0.39 is 65.4 Å². The van der Waals surface area contributed by atoms with Gasteiger partial charge in [0.25, 0.3) is 0 Å². The van der Waals surface area contributed by atoms with Crippen LogP contribution in [-0.4, -0.2) is 91.4 Å². The average molecular weight is 835 g/mol. The number of aliphatic hydroxyl groups excluding tert-OH is 2. The predicted molar refractivity (Wildman–Crippen MR) is 220 cm³/mol. The van der Waals surface area contributed by atoms with Crippen LogP contribution in [0, 0.1) is 17.2 Å². The molecule has 5 rings (SSSR count). The van der Waals surface area contributed by atoms with Gasteiger partial charge in [-0.05, 0) is 71.7 Å². The molecule has 3 amide bonds. The van der Waals surface area contributed by atoms with Crippen molar-refractivity contribution in [3.8, 4) is 22.8 Å². The maximum Gasteiger partial charge on any atom is 0.407 e. The molecule has 1 aliphatic heterocycles. The summed E-state index contributed by atoms with van der Waals surface area (Å²) in [6.07, 6.45) is -1.59. The average Bonchev–Trinajstić information content (AvgIpc) is 3.21. The Labute approximate surface area is 348 Å². The Morgan fingerprint density at radius 1 is 0.949 bits per heavy atom. The first-order valence-corrected chi connectivity index (χ1v) is 19.7. The van der Waals surface area contributed by atoms with Crippen LogP contribution in [0.5, 0.6) is 11.6 Å². The molecule has 2 heterocycles. The van der Waals surface area contributed by atoms with Gasteiger partial charge in [-0.1, -0.05) is 74.8 Å². The van der Waals surface area contributed by atoms with Gasteiger partial charge in [-0.3, -0.25) is 9.59 Å². The standard InChI is InChI=1S/C44H52ClFN4O9/c1-44(2,3)40(50-43(55)58-19-18-56-4)42(54)48-34(20-26-10-12-27(13-11-26)29-14-17-38(57-5)47-24-29)35(51)22-30(21-28-8-6-7-9-33(28)45)41(53)49-39-32-23-31(46)15-16-37(32)59-25-36(39)52/h6-17,23-24,30,34-36,39-40,51-52H,18-22,25H2,1-5H3,(H,48,54)(H,49,53)(H,50,55). The van der Waals surface area contributed by atoms with Crippen LogP contribution in [0.1, 0.15) is 49.9 Å². The number of aromatic nitrogens is 1. The van der Waals surface area contributed by atoms with Gasteiger partial charge in [0.15, 0.2) is 0 Å². The molecule has 1 aromatic heterocycles. The Morgan fingerprint density at radius 3 is 2.34 bits per heavy atom. The maximum absolute atomic E-state index is 14.4. The SMILES string of the molecule is COCCOC(=O)NC(C(=O)NC(Cc1ccc(-c2ccc(OC)nc2)cc1)C(O)CC(Cc1ccccc1Cl)C(=O)NC1c2cc(F)ccc2OCC1O)C(C)(C)C. The summed E-state index contributed by atoms with van der Waals surface area (Å²) in [6.45, 7) is 5.36. The Morgan fingerprint density at radius 2 is 1.68 bits per heavy atom. The molecule has 4 aromatic rings. The lowest BCUT2D eigenvalue weighted by Gasteiger charge is -2.34. The van der Waals surface area contributed by atoms with Gasteiger partial charge in [0.1, 0.15) is 36.9 Å². The molecule has 0 bridgehead atoms. The highest BCUT2D eigenvalue weighted by Crippen LogP contribution is 2.34. The van der Waals surface area contributed by atoms with E-state index in [2.05, 4.69) is 20.9 Å². The molecule has 1 aliphatic rings. The van der Waals surface area contributed by atoms with Gasteiger partial charge in [-0.25, -0.2) is 14.2 Å². The van der Waals surface area contributed by atoms with E-state index in [9.17, 15) is 29.0 Å². The number of hydrogen-bond acceptors (Lipinski definition) is 10. The molecule has 0 saturated carbocycles. The van der Waals surface area contributed by atoms with E-state index in [1.165, 1.54) is 32.4 Å². The molecule has 59 heavy (non-hydrogen) atoms. The maximum atomic E-state index is 14.4. The number of rotatable bonds is 17. The molecular weight excluding hydrogens is 783 g/mol. The fourth-order valence-corrected chi connectivity index (χ4v) is 7.06. The van der Waals surface area contributed by atoms with Crippen molar-refractivity contribution in [3.63, 3.8) is 0 Å². The zero-order valence-electron chi connectivity index (χ0n) is 33.7. The second kappa shape index (κ2) is 20.6. The molecule has 0 fully saturated rings. The lowest BCUT2D eigenvalue weighted by Crippen LogP contribution is -2.58. The number of ether oxygens (including phenoxy) is 4. The van der Waals surface area contributed by atoms with Gasteiger partial charge in [-0.2, -0.15) is 0 Å². The Bertz CT molecular complexity index is 2030. The van der Waals surface area contributed by atoms with Crippen LogP contribution in [0.2, 0.25) is 5.02 Å². The van der Waals surface area contributed by atoms with Crippen LogP contribution in [-0.2, 0) is 31.9 Å². The van der Waals surface area contributed by atoms with E-state index in [-0.39, 0.29) is 44.6 Å². The number of nitrogens with zero attached hydrogens (tertiary/aromatic N) is 1. The van der Waals surface area contributed by atoms with Crippen molar-refractivity contribution in [3.05, 3.63) is 113 Å². The molecular formula is C44H52ClFN4O9. The summed E-state index contributed by atoms with van der Waals surface area (Å²) < 4.78 is 35.3. The van der Waals surface area contributed by atoms with Crippen molar-refractivity contribution in [1.82, 2.24) is 20.9 Å². The number of benzene rings is 3. The van der Waals surface area contributed by atoms with Crippen molar-refractivity contribution < 1.29 is 47.9 Å². The molecule has 0 spiro atoms. The highest BCUT2D eigenvalue weighted by Gasteiger charge is 2.38. The summed E-state index contributed by atoms with van der Waals surface area (Å²) >= 11 is 6.57. The van der Waals surface area contributed by atoms with Gasteiger partial charge < -0.3 is 45.1 Å². The van der Waals surface area contributed by atoms with Crippen LogP contribution in [0.25, 0.3) is 11.1 Å². The van der Waals surface area contributed by atoms with Gasteiger partial charge >= 0.3 is 6.09 Å². The van der Waals surface area contributed by atoms with Crippen molar-refractivity contribution >= 4 is 29.5 Å². The summed E-state index contributed by atoms with van der Waals surface area (Å²) in [7, 11) is 3.01. The summed E-state index contributed by atoms with van der Waals surface area (Å²) in [5.74, 6) is -1.83. The Hall–Kier alpha value is -5.28. The first-order valence-electron chi connectivity index (χ1n) is 19.3. The molecule has 5 N–H and O–H groups in total. The fraction of sp³-hybridized carbons (Fsp3) is 0.409. The zero-order chi connectivity index (χ0) is 42.7. The smallest absolute Gasteiger partial charge is 0.407 e. The van der Waals surface area contributed by atoms with Crippen molar-refractivity contribution in [2.24, 2.45) is 11.3 Å². The summed E-state index contributed by atoms with van der Waals surface area (Å²) in [6, 6.07) is 19.0. The first-order chi connectivity index (χ1) is 28.2. The third-order valence-corrected chi connectivity index (χ3v) is 10.5. The van der Waals surface area contributed by atoms with Gasteiger partial charge in [0, 0.05) is 41.4 Å². The number of amides is 3. The molecule has 3 aromatic carbocycles. The van der Waals surface area contributed by atoms with Gasteiger partial charge in [0.05, 0.1) is 31.9 Å². The number of pyridine rings is 1. The molecule has 0 radical (unpaired) electrons. The fourth-order valence-electron chi connectivity index (χ4n) is 6.85. The van der Waals surface area contributed by atoms with Gasteiger partial charge in [-0.15, -0.1) is 0 Å². The summed E-state index contributed by atoms with van der Waals surface area (Å²) in [5.41, 5.74) is 2.60. The molecule has 0 saturated heterocycles. The Kier molecular flexibility index (Phi) is 15.7. The number of methoxy groups -OCH3 is 2. The highest BCUT2D eigenvalue weighted by atomic mass is 35.5. The third kappa shape index (κ3) is 12.4. The van der Waals surface area contributed by atoms with Crippen LogP contribution in [0.3, 0.4) is 0 Å². The monoisotopic (exact) mass is 834 g/mol. The minimum atomic E-state index is -1.33. The minimum absolute atomic E-state index is 0.0228. The molecule has 13 nitrogen and oxygen atoms in total. The second-order valence-electron chi connectivity index (χ2n) is 15.5. The van der Waals surface area contributed by atoms with E-state index in [1.54, 1.807) is 57.3 Å². The predicted octanol–water partition coefficient (Wildman–Crippen LogP) is 5.59. The van der Waals surface area contributed by atoms with Crippen molar-refractivity contribution in [1.29, 1.82) is 0 Å². The highest BCUT2D eigenvalue weighted by molar-refractivity contribution is 6.31. The topological polar surface area (TPSA) is 178 Å². The Balaban J connectivity index is 1.45. The molecule has 15 heteroatoms. The van der Waals surface area contributed by atoms with Crippen LogP contribution in [0.4, 0.5) is 9.18 Å². The van der Waals surface area contributed by atoms with Crippen molar-refractivity contribution in [2.75, 3.05) is 34.0 Å².